The van der Waals surface area contributed by atoms with Crippen LogP contribution < -0.4 is 4.90 Å². The van der Waals surface area contributed by atoms with E-state index in [9.17, 15) is 10.1 Å². The minimum absolute atomic E-state index is 0.213. The molecule has 2 aromatic heterocycles. The fraction of sp³-hybridized carbons (Fsp3) is 0.435. The van der Waals surface area contributed by atoms with Gasteiger partial charge in [-0.2, -0.15) is 5.26 Å². The summed E-state index contributed by atoms with van der Waals surface area (Å²) in [6.45, 7) is 7.85. The minimum Gasteiger partial charge on any atom is -0.466 e. The van der Waals surface area contributed by atoms with E-state index in [0.717, 1.165) is 54.2 Å². The van der Waals surface area contributed by atoms with Crippen molar-refractivity contribution in [3.05, 3.63) is 41.0 Å². The van der Waals surface area contributed by atoms with Gasteiger partial charge in [0, 0.05) is 32.6 Å². The normalized spacial score (nSPS) is 14.9. The summed E-state index contributed by atoms with van der Waals surface area (Å²) in [5.74, 6) is 0.836. The smallest absolute Gasteiger partial charge is 0.306 e. The van der Waals surface area contributed by atoms with Crippen molar-refractivity contribution >= 4 is 28.5 Å². The summed E-state index contributed by atoms with van der Waals surface area (Å²) < 4.78 is 7.28. The summed E-state index contributed by atoms with van der Waals surface area (Å²) in [4.78, 5) is 21.6. The molecule has 0 radical (unpaired) electrons. The molecule has 7 nitrogen and oxygen atoms in total. The number of aromatic nitrogens is 2. The van der Waals surface area contributed by atoms with Gasteiger partial charge in [0.1, 0.15) is 11.9 Å². The number of ether oxygens (including phenoxy) is 1. The van der Waals surface area contributed by atoms with Gasteiger partial charge in [-0.05, 0) is 50.6 Å². The first-order valence-electron chi connectivity index (χ1n) is 10.5. The molecule has 0 saturated carbocycles. The van der Waals surface area contributed by atoms with Gasteiger partial charge in [-0.15, -0.1) is 0 Å². The van der Waals surface area contributed by atoms with Crippen molar-refractivity contribution in [1.29, 1.82) is 5.26 Å². The first-order valence-corrected chi connectivity index (χ1v) is 10.5. The lowest BCUT2D eigenvalue weighted by atomic mass is 9.99. The van der Waals surface area contributed by atoms with Crippen LogP contribution in [0.25, 0.3) is 16.7 Å². The number of carbonyl (C=O) groups excluding carboxylic acids is 1. The van der Waals surface area contributed by atoms with Crippen LogP contribution in [-0.2, 0) is 16.0 Å². The summed E-state index contributed by atoms with van der Waals surface area (Å²) in [7, 11) is 2.13. The molecular weight excluding hydrogens is 378 g/mol. The lowest BCUT2D eigenvalue weighted by Crippen LogP contribution is -2.45. The van der Waals surface area contributed by atoms with Crippen molar-refractivity contribution in [2.24, 2.45) is 0 Å². The Balaban J connectivity index is 1.96. The van der Waals surface area contributed by atoms with Crippen LogP contribution in [0.2, 0.25) is 0 Å². The number of fused-ring (bicyclic) bond motifs is 3. The van der Waals surface area contributed by atoms with Crippen LogP contribution in [-0.4, -0.2) is 60.1 Å². The lowest BCUT2D eigenvalue weighted by Gasteiger charge is -2.36. The summed E-state index contributed by atoms with van der Waals surface area (Å²) >= 11 is 0. The molecule has 4 rings (SSSR count). The molecule has 3 aromatic rings. The predicted molar refractivity (Wildman–Crippen MR) is 117 cm³/mol. The number of hydrogen-bond acceptors (Lipinski definition) is 6. The van der Waals surface area contributed by atoms with Crippen LogP contribution in [0.4, 0.5) is 5.82 Å². The Kier molecular flexibility index (Phi) is 5.60. The number of nitriles is 1. The van der Waals surface area contributed by atoms with E-state index in [4.69, 9.17) is 9.72 Å². The SMILES string of the molecule is CCOC(=O)CCc1c(C)c(C#N)c2nc3ccccc3n2c1N1CCN(C)CC1. The number of esters is 1. The lowest BCUT2D eigenvalue weighted by molar-refractivity contribution is -0.143. The Morgan fingerprint density at radius 3 is 2.67 bits per heavy atom. The van der Waals surface area contributed by atoms with Crippen LogP contribution in [0.3, 0.4) is 0 Å². The van der Waals surface area contributed by atoms with Crippen molar-refractivity contribution < 1.29 is 9.53 Å². The Morgan fingerprint density at radius 2 is 1.97 bits per heavy atom. The highest BCUT2D eigenvalue weighted by atomic mass is 16.5. The average Bonchev–Trinajstić information content (AvgIpc) is 3.12. The second-order valence-electron chi connectivity index (χ2n) is 7.77. The van der Waals surface area contributed by atoms with Crippen LogP contribution in [0.15, 0.2) is 24.3 Å². The third kappa shape index (κ3) is 3.48. The van der Waals surface area contributed by atoms with Gasteiger partial charge in [0.25, 0.3) is 0 Å². The number of likely N-dealkylation sites (N-methyl/N-ethyl adjacent to an activating group) is 1. The number of nitrogens with zero attached hydrogens (tertiary/aromatic N) is 5. The van der Waals surface area contributed by atoms with Crippen molar-refractivity contribution in [1.82, 2.24) is 14.3 Å². The molecule has 1 aliphatic rings. The van der Waals surface area contributed by atoms with E-state index in [-0.39, 0.29) is 5.97 Å². The Morgan fingerprint density at radius 1 is 1.23 bits per heavy atom. The largest absolute Gasteiger partial charge is 0.466 e. The number of carbonyl (C=O) groups is 1. The fourth-order valence-electron chi connectivity index (χ4n) is 4.27. The number of benzene rings is 1. The number of rotatable bonds is 5. The maximum Gasteiger partial charge on any atom is 0.306 e. The Hall–Kier alpha value is -3.11. The molecule has 0 spiro atoms. The fourth-order valence-corrected chi connectivity index (χ4v) is 4.27. The van der Waals surface area contributed by atoms with Gasteiger partial charge >= 0.3 is 5.97 Å². The van der Waals surface area contributed by atoms with Crippen LogP contribution in [0.5, 0.6) is 0 Å². The first kappa shape index (κ1) is 20.2. The van der Waals surface area contributed by atoms with E-state index in [1.54, 1.807) is 0 Å². The number of pyridine rings is 1. The summed E-state index contributed by atoms with van der Waals surface area (Å²) in [6.07, 6.45) is 0.821. The highest BCUT2D eigenvalue weighted by Gasteiger charge is 2.26. The maximum absolute atomic E-state index is 12.1. The molecule has 0 aliphatic carbocycles. The van der Waals surface area contributed by atoms with Gasteiger partial charge < -0.3 is 14.5 Å². The van der Waals surface area contributed by atoms with Gasteiger partial charge in [0.15, 0.2) is 5.65 Å². The van der Waals surface area contributed by atoms with E-state index >= 15 is 0 Å². The van der Waals surface area contributed by atoms with E-state index in [1.807, 2.05) is 38.1 Å². The molecule has 1 aliphatic heterocycles. The summed E-state index contributed by atoms with van der Waals surface area (Å²) in [5.41, 5.74) is 5.04. The van der Waals surface area contributed by atoms with Gasteiger partial charge in [0.05, 0.1) is 23.2 Å². The molecule has 30 heavy (non-hydrogen) atoms. The molecule has 0 N–H and O–H groups in total. The second kappa shape index (κ2) is 8.33. The monoisotopic (exact) mass is 405 g/mol. The topological polar surface area (TPSA) is 73.9 Å². The summed E-state index contributed by atoms with van der Waals surface area (Å²) in [5, 5.41) is 9.95. The Labute approximate surface area is 176 Å². The van der Waals surface area contributed by atoms with E-state index in [2.05, 4.69) is 27.3 Å². The number of imidazole rings is 1. The standard InChI is InChI=1S/C23H27N5O2/c1-4-30-21(29)10-9-17-16(2)18(15-24)22-25-19-7-5-6-8-20(19)28(22)23(17)27-13-11-26(3)12-14-27/h5-8H,4,9-14H2,1-3H3. The van der Waals surface area contributed by atoms with Crippen molar-refractivity contribution in [3.63, 3.8) is 0 Å². The third-order valence-corrected chi connectivity index (χ3v) is 5.89. The molecule has 0 amide bonds. The molecule has 3 heterocycles. The van der Waals surface area contributed by atoms with Gasteiger partial charge in [-0.25, -0.2) is 4.98 Å². The molecular formula is C23H27N5O2. The zero-order valence-electron chi connectivity index (χ0n) is 17.8. The minimum atomic E-state index is -0.213. The molecule has 1 aromatic carbocycles. The molecule has 1 fully saturated rings. The maximum atomic E-state index is 12.1. The van der Waals surface area contributed by atoms with Gasteiger partial charge in [-0.1, -0.05) is 12.1 Å². The van der Waals surface area contributed by atoms with Crippen molar-refractivity contribution in [2.75, 3.05) is 44.7 Å². The quantitative estimate of drug-likeness (QED) is 0.608. The van der Waals surface area contributed by atoms with E-state index < -0.39 is 0 Å². The highest BCUT2D eigenvalue weighted by Crippen LogP contribution is 2.34. The van der Waals surface area contributed by atoms with Crippen molar-refractivity contribution in [3.8, 4) is 6.07 Å². The predicted octanol–water partition coefficient (Wildman–Crippen LogP) is 2.92. The van der Waals surface area contributed by atoms with Crippen LogP contribution >= 0.6 is 0 Å². The number of anilines is 1. The molecule has 1 saturated heterocycles. The zero-order chi connectivity index (χ0) is 21.3. The zero-order valence-corrected chi connectivity index (χ0v) is 17.8. The third-order valence-electron chi connectivity index (χ3n) is 5.89. The molecule has 156 valence electrons. The molecule has 0 atom stereocenters. The average molecular weight is 406 g/mol. The highest BCUT2D eigenvalue weighted by molar-refractivity contribution is 5.86. The molecule has 0 bridgehead atoms. The van der Waals surface area contributed by atoms with Crippen molar-refractivity contribution in [2.45, 2.75) is 26.7 Å². The Bertz CT molecular complexity index is 1140. The van der Waals surface area contributed by atoms with Crippen LogP contribution in [0.1, 0.15) is 30.0 Å². The van der Waals surface area contributed by atoms with Gasteiger partial charge in [0.2, 0.25) is 0 Å². The number of para-hydroxylation sites is 2. The van der Waals surface area contributed by atoms with Gasteiger partial charge in [-0.3, -0.25) is 9.20 Å². The molecule has 0 unspecified atom stereocenters. The molecule has 7 heteroatoms. The van der Waals surface area contributed by atoms with Crippen LogP contribution in [0, 0.1) is 18.3 Å². The van der Waals surface area contributed by atoms with E-state index in [0.29, 0.717) is 30.7 Å². The summed E-state index contributed by atoms with van der Waals surface area (Å²) in [6, 6.07) is 10.3. The second-order valence-corrected chi connectivity index (χ2v) is 7.77. The number of piperazine rings is 1. The first-order chi connectivity index (χ1) is 14.5. The van der Waals surface area contributed by atoms with E-state index in [1.165, 1.54) is 0 Å². The number of hydrogen-bond donors (Lipinski definition) is 0.